The number of likely N-dealkylation sites (tertiary alicyclic amines) is 1. The third kappa shape index (κ3) is 2.68. The van der Waals surface area contributed by atoms with Gasteiger partial charge in [-0.15, -0.1) is 0 Å². The van der Waals surface area contributed by atoms with Crippen molar-refractivity contribution in [2.45, 2.75) is 32.8 Å². The quantitative estimate of drug-likeness (QED) is 0.709. The molecule has 19 heavy (non-hydrogen) atoms. The highest BCUT2D eigenvalue weighted by Gasteiger charge is 2.66. The van der Waals surface area contributed by atoms with Crippen molar-refractivity contribution < 1.29 is 19.2 Å². The third-order valence-electron chi connectivity index (χ3n) is 3.74. The Kier molecular flexibility index (Phi) is 3.24. The molecule has 1 saturated carbocycles. The number of carbonyl (C=O) groups is 2. The summed E-state index contributed by atoms with van der Waals surface area (Å²) in [5.74, 6) is -0.0255. The van der Waals surface area contributed by atoms with E-state index in [2.05, 4.69) is 0 Å². The molecule has 2 rings (SSSR count). The van der Waals surface area contributed by atoms with E-state index in [-0.39, 0.29) is 23.3 Å². The van der Waals surface area contributed by atoms with Gasteiger partial charge in [-0.1, -0.05) is 0 Å². The maximum absolute atomic E-state index is 11.9. The van der Waals surface area contributed by atoms with Gasteiger partial charge in [-0.05, 0) is 27.2 Å². The number of carbonyl (C=O) groups excluding carboxylic acids is 2. The summed E-state index contributed by atoms with van der Waals surface area (Å²) in [5.41, 5.74) is -0.504. The van der Waals surface area contributed by atoms with Crippen molar-refractivity contribution in [1.29, 1.82) is 0 Å². The normalized spacial score (nSPS) is 23.8. The summed E-state index contributed by atoms with van der Waals surface area (Å²) in [4.78, 5) is 30.3. The fourth-order valence-electron chi connectivity index (χ4n) is 2.53. The summed E-state index contributed by atoms with van der Waals surface area (Å²) >= 11 is 0. The van der Waals surface area contributed by atoms with Gasteiger partial charge in [0, 0.05) is 25.6 Å². The van der Waals surface area contributed by atoms with E-state index >= 15 is 0 Å². The minimum atomic E-state index is -0.477. The molecule has 0 radical (unpaired) electrons. The van der Waals surface area contributed by atoms with Crippen LogP contribution < -0.4 is 0 Å². The summed E-state index contributed by atoms with van der Waals surface area (Å²) in [6.45, 7) is 6.75. The zero-order valence-corrected chi connectivity index (χ0v) is 12.2. The molecule has 2 fully saturated rings. The Hall–Kier alpha value is -1.30. The smallest absolute Gasteiger partial charge is 0.410 e. The molecule has 0 aromatic carbocycles. The molecule has 0 aromatic heterocycles. The molecular formula is C13H22N2O4. The zero-order valence-electron chi connectivity index (χ0n) is 12.2. The molecule has 1 heterocycles. The van der Waals surface area contributed by atoms with Gasteiger partial charge in [-0.3, -0.25) is 9.63 Å². The van der Waals surface area contributed by atoms with Crippen LogP contribution in [0.1, 0.15) is 27.2 Å². The SMILES string of the molecule is CON(C)C(=O)[C@H]1CC12CN(C(=O)OC(C)(C)C)C2. The van der Waals surface area contributed by atoms with Gasteiger partial charge in [0.05, 0.1) is 13.0 Å². The standard InChI is InChI=1S/C13H22N2O4/c1-12(2,3)19-11(17)15-7-13(8-15)6-9(13)10(16)14(4)18-5/h9H,6-8H2,1-5H3/t9-/m1/s1. The van der Waals surface area contributed by atoms with Crippen LogP contribution in [0.25, 0.3) is 0 Å². The molecule has 1 aliphatic carbocycles. The molecule has 2 amide bonds. The van der Waals surface area contributed by atoms with Crippen LogP contribution in [0.4, 0.5) is 4.79 Å². The number of hydrogen-bond acceptors (Lipinski definition) is 4. The van der Waals surface area contributed by atoms with Gasteiger partial charge >= 0.3 is 6.09 Å². The molecule has 1 saturated heterocycles. The fraction of sp³-hybridized carbons (Fsp3) is 0.846. The first-order chi connectivity index (χ1) is 8.68. The van der Waals surface area contributed by atoms with Gasteiger partial charge in [-0.25, -0.2) is 9.86 Å². The van der Waals surface area contributed by atoms with E-state index in [1.807, 2.05) is 20.8 Å². The molecule has 2 aliphatic rings. The van der Waals surface area contributed by atoms with Crippen LogP contribution in [0.15, 0.2) is 0 Å². The Morgan fingerprint density at radius 2 is 1.89 bits per heavy atom. The van der Waals surface area contributed by atoms with Crippen LogP contribution in [-0.2, 0) is 14.4 Å². The van der Waals surface area contributed by atoms with Crippen molar-refractivity contribution in [2.75, 3.05) is 27.2 Å². The average molecular weight is 270 g/mol. The van der Waals surface area contributed by atoms with Crippen LogP contribution in [0.2, 0.25) is 0 Å². The first-order valence-electron chi connectivity index (χ1n) is 6.48. The van der Waals surface area contributed by atoms with Crippen LogP contribution in [0.5, 0.6) is 0 Å². The fourth-order valence-corrected chi connectivity index (χ4v) is 2.53. The minimum Gasteiger partial charge on any atom is -0.444 e. The Balaban J connectivity index is 1.82. The summed E-state index contributed by atoms with van der Waals surface area (Å²) < 4.78 is 5.29. The average Bonchev–Trinajstić information content (AvgIpc) is 2.97. The lowest BCUT2D eigenvalue weighted by Crippen LogP contribution is -2.54. The second-order valence-corrected chi connectivity index (χ2v) is 6.47. The largest absolute Gasteiger partial charge is 0.444 e. The number of rotatable bonds is 2. The van der Waals surface area contributed by atoms with Gasteiger partial charge < -0.3 is 9.64 Å². The van der Waals surface area contributed by atoms with Crippen molar-refractivity contribution in [2.24, 2.45) is 11.3 Å². The van der Waals surface area contributed by atoms with Crippen LogP contribution in [0, 0.1) is 11.3 Å². The van der Waals surface area contributed by atoms with Crippen molar-refractivity contribution >= 4 is 12.0 Å². The molecule has 1 atom stereocenters. The van der Waals surface area contributed by atoms with Gasteiger partial charge in [0.1, 0.15) is 5.60 Å². The third-order valence-corrected chi connectivity index (χ3v) is 3.74. The topological polar surface area (TPSA) is 59.1 Å². The van der Waals surface area contributed by atoms with E-state index in [0.717, 1.165) is 6.42 Å². The van der Waals surface area contributed by atoms with Gasteiger partial charge in [-0.2, -0.15) is 0 Å². The predicted molar refractivity (Wildman–Crippen MR) is 68.1 cm³/mol. The van der Waals surface area contributed by atoms with Crippen molar-refractivity contribution in [3.05, 3.63) is 0 Å². The summed E-state index contributed by atoms with van der Waals surface area (Å²) in [5, 5.41) is 1.26. The lowest BCUT2D eigenvalue weighted by atomic mass is 9.94. The molecule has 0 N–H and O–H groups in total. The molecule has 6 heteroatoms. The molecule has 1 spiro atoms. The van der Waals surface area contributed by atoms with Crippen molar-refractivity contribution in [3.63, 3.8) is 0 Å². The molecule has 0 bridgehead atoms. The lowest BCUT2D eigenvalue weighted by Gasteiger charge is -2.41. The summed E-state index contributed by atoms with van der Waals surface area (Å²) in [6, 6.07) is 0. The van der Waals surface area contributed by atoms with E-state index < -0.39 is 5.60 Å². The monoisotopic (exact) mass is 270 g/mol. The second kappa shape index (κ2) is 4.37. The molecule has 108 valence electrons. The van der Waals surface area contributed by atoms with Crippen LogP contribution in [-0.4, -0.2) is 54.8 Å². The Bertz CT molecular complexity index is 396. The zero-order chi connectivity index (χ0) is 14.4. The highest BCUT2D eigenvalue weighted by atomic mass is 16.7. The number of hydrogen-bond donors (Lipinski definition) is 0. The van der Waals surface area contributed by atoms with E-state index in [1.54, 1.807) is 11.9 Å². The maximum atomic E-state index is 11.9. The van der Waals surface area contributed by atoms with Crippen LogP contribution >= 0.6 is 0 Å². The molecule has 0 aromatic rings. The number of amides is 2. The van der Waals surface area contributed by atoms with Gasteiger partial charge in [0.15, 0.2) is 0 Å². The number of nitrogens with zero attached hydrogens (tertiary/aromatic N) is 2. The summed E-state index contributed by atoms with van der Waals surface area (Å²) in [6.07, 6.45) is 0.537. The number of ether oxygens (including phenoxy) is 1. The molecule has 0 unspecified atom stereocenters. The van der Waals surface area contributed by atoms with E-state index in [9.17, 15) is 9.59 Å². The minimum absolute atomic E-state index is 0.00802. The Labute approximate surface area is 113 Å². The van der Waals surface area contributed by atoms with E-state index in [1.165, 1.54) is 12.2 Å². The Morgan fingerprint density at radius 3 is 2.37 bits per heavy atom. The van der Waals surface area contributed by atoms with E-state index in [4.69, 9.17) is 9.57 Å². The van der Waals surface area contributed by atoms with Gasteiger partial charge in [0.25, 0.3) is 0 Å². The van der Waals surface area contributed by atoms with E-state index in [0.29, 0.717) is 13.1 Å². The predicted octanol–water partition coefficient (Wildman–Crippen LogP) is 1.26. The van der Waals surface area contributed by atoms with Gasteiger partial charge in [0.2, 0.25) is 5.91 Å². The molecule has 1 aliphatic heterocycles. The lowest BCUT2D eigenvalue weighted by molar-refractivity contribution is -0.172. The van der Waals surface area contributed by atoms with Crippen LogP contribution in [0.3, 0.4) is 0 Å². The first kappa shape index (κ1) is 14.1. The maximum Gasteiger partial charge on any atom is 0.410 e. The number of hydroxylamine groups is 2. The molecular weight excluding hydrogens is 248 g/mol. The molecule has 6 nitrogen and oxygen atoms in total. The van der Waals surface area contributed by atoms with Crippen molar-refractivity contribution in [3.8, 4) is 0 Å². The highest BCUT2D eigenvalue weighted by Crippen LogP contribution is 2.59. The first-order valence-corrected chi connectivity index (χ1v) is 6.48. The second-order valence-electron chi connectivity index (χ2n) is 6.47. The van der Waals surface area contributed by atoms with Crippen molar-refractivity contribution in [1.82, 2.24) is 9.96 Å². The summed E-state index contributed by atoms with van der Waals surface area (Å²) in [7, 11) is 3.08. The highest BCUT2D eigenvalue weighted by molar-refractivity contribution is 5.83. The Morgan fingerprint density at radius 1 is 1.32 bits per heavy atom.